The van der Waals surface area contributed by atoms with Gasteiger partial charge in [0.1, 0.15) is 11.1 Å². The van der Waals surface area contributed by atoms with Crippen LogP contribution in [0.4, 0.5) is 0 Å². The van der Waals surface area contributed by atoms with Crippen LogP contribution in [-0.2, 0) is 21.2 Å². The van der Waals surface area contributed by atoms with Gasteiger partial charge >= 0.3 is 0 Å². The molecule has 52 heavy (non-hydrogen) atoms. The molecule has 258 valence electrons. The van der Waals surface area contributed by atoms with Crippen molar-refractivity contribution in [2.45, 2.75) is 42.7 Å². The molecule has 0 saturated carbocycles. The van der Waals surface area contributed by atoms with Gasteiger partial charge in [-0.25, -0.2) is 17.4 Å². The Labute approximate surface area is 304 Å². The Morgan fingerprint density at radius 1 is 0.635 bits per heavy atom. The van der Waals surface area contributed by atoms with Crippen LogP contribution in [0.3, 0.4) is 0 Å². The second kappa shape index (κ2) is 13.1. The van der Waals surface area contributed by atoms with Crippen LogP contribution >= 0.6 is 0 Å². The zero-order valence-corrected chi connectivity index (χ0v) is 29.9. The van der Waals surface area contributed by atoms with E-state index in [1.165, 1.54) is 3.97 Å². The summed E-state index contributed by atoms with van der Waals surface area (Å²) in [4.78, 5) is 5.17. The van der Waals surface area contributed by atoms with Crippen LogP contribution in [0.25, 0.3) is 21.8 Å². The molecule has 0 amide bonds. The van der Waals surface area contributed by atoms with Crippen molar-refractivity contribution in [3.05, 3.63) is 204 Å². The fraction of sp³-hybridized carbons (Fsp3) is 0.133. The maximum atomic E-state index is 14.4. The van der Waals surface area contributed by atoms with Crippen molar-refractivity contribution in [3.63, 3.8) is 0 Å². The predicted octanol–water partition coefficient (Wildman–Crippen LogP) is 9.41. The van der Waals surface area contributed by atoms with E-state index < -0.39 is 21.2 Å². The van der Waals surface area contributed by atoms with Gasteiger partial charge in [-0.2, -0.15) is 0 Å². The second-order valence-corrected chi connectivity index (χ2v) is 15.2. The minimum Gasteiger partial charge on any atom is -0.379 e. The molecule has 1 unspecified atom stereocenters. The molecule has 0 fully saturated rings. The molecular formula is C45H39N3O3S. The molecule has 8 rings (SSSR count). The van der Waals surface area contributed by atoms with E-state index in [4.69, 9.17) is 4.98 Å². The first-order valence-corrected chi connectivity index (χ1v) is 19.0. The molecule has 6 nitrogen and oxygen atoms in total. The summed E-state index contributed by atoms with van der Waals surface area (Å²) in [7, 11) is -4.00. The molecule has 2 heterocycles. The summed E-state index contributed by atoms with van der Waals surface area (Å²) in [6.45, 7) is 3.96. The molecule has 0 saturated heterocycles. The largest absolute Gasteiger partial charge is 0.379 e. The molecule has 0 aliphatic heterocycles. The summed E-state index contributed by atoms with van der Waals surface area (Å²) in [6.07, 6.45) is 4.79. The molecule has 8 aromatic rings. The highest BCUT2D eigenvalue weighted by Gasteiger charge is 2.41. The minimum atomic E-state index is -4.00. The Balaban J connectivity index is 1.35. The van der Waals surface area contributed by atoms with Gasteiger partial charge in [0.2, 0.25) is 0 Å². The molecular weight excluding hydrogens is 663 g/mol. The van der Waals surface area contributed by atoms with E-state index in [0.29, 0.717) is 35.1 Å². The van der Waals surface area contributed by atoms with E-state index in [1.807, 2.05) is 129 Å². The summed E-state index contributed by atoms with van der Waals surface area (Å²) < 4.78 is 32.3. The topological polar surface area (TPSA) is 77.1 Å². The van der Waals surface area contributed by atoms with E-state index in [-0.39, 0.29) is 4.90 Å². The molecule has 2 aromatic heterocycles. The maximum absolute atomic E-state index is 14.4. The fourth-order valence-corrected chi connectivity index (χ4v) is 9.27. The zero-order valence-electron chi connectivity index (χ0n) is 29.1. The summed E-state index contributed by atoms with van der Waals surface area (Å²) in [6, 6.07) is 51.1. The van der Waals surface area contributed by atoms with Crippen LogP contribution in [-0.4, -0.2) is 27.0 Å². The van der Waals surface area contributed by atoms with Gasteiger partial charge < -0.3 is 9.67 Å². The number of aryl methyl sites for hydroxylation is 1. The number of rotatable bonds is 10. The number of aromatic nitrogens is 3. The second-order valence-electron chi connectivity index (χ2n) is 13.4. The third-order valence-electron chi connectivity index (χ3n) is 10.2. The zero-order chi connectivity index (χ0) is 35.9. The lowest BCUT2D eigenvalue weighted by atomic mass is 9.76. The van der Waals surface area contributed by atoms with E-state index in [1.54, 1.807) is 18.5 Å². The average molecular weight is 702 g/mol. The van der Waals surface area contributed by atoms with Gasteiger partial charge in [0.25, 0.3) is 10.0 Å². The number of fused-ring (bicyclic) bond motifs is 3. The summed E-state index contributed by atoms with van der Waals surface area (Å²) in [5.41, 5.74) is 3.90. The van der Waals surface area contributed by atoms with Crippen molar-refractivity contribution in [2.24, 2.45) is 0 Å². The molecule has 0 spiro atoms. The first-order chi connectivity index (χ1) is 25.3. The number of benzene rings is 6. The quantitative estimate of drug-likeness (QED) is 0.144. The summed E-state index contributed by atoms with van der Waals surface area (Å²) >= 11 is 0. The SMILES string of the molecule is CCCC(O)(c1ccc2c3ccccc3n(S(=O)(=O)c3ccc(C)cc3)c2c1)c1cn(C(c2ccccc2)(c2ccccc2)c2ccccc2)cn1. The first-order valence-electron chi connectivity index (χ1n) is 17.6. The summed E-state index contributed by atoms with van der Waals surface area (Å²) in [5, 5.41) is 14.5. The van der Waals surface area contributed by atoms with Crippen molar-refractivity contribution in [1.82, 2.24) is 13.5 Å². The van der Waals surface area contributed by atoms with Gasteiger partial charge in [0.05, 0.1) is 28.0 Å². The molecule has 0 aliphatic rings. The van der Waals surface area contributed by atoms with Gasteiger partial charge in [-0.1, -0.05) is 152 Å². The molecule has 6 aromatic carbocycles. The predicted molar refractivity (Wildman–Crippen MR) is 208 cm³/mol. The molecule has 0 aliphatic carbocycles. The van der Waals surface area contributed by atoms with Crippen molar-refractivity contribution in [2.75, 3.05) is 0 Å². The van der Waals surface area contributed by atoms with Crippen molar-refractivity contribution in [3.8, 4) is 0 Å². The Kier molecular flexibility index (Phi) is 8.41. The van der Waals surface area contributed by atoms with Crippen molar-refractivity contribution >= 4 is 31.8 Å². The number of imidazole rings is 1. The van der Waals surface area contributed by atoms with E-state index >= 15 is 0 Å². The third kappa shape index (κ3) is 5.27. The van der Waals surface area contributed by atoms with Gasteiger partial charge in [0.15, 0.2) is 0 Å². The van der Waals surface area contributed by atoms with Crippen LogP contribution in [0.2, 0.25) is 0 Å². The standard InChI is InChI=1S/C45H39N3O3S/c1-3-29-44(49,37-25-28-40-39-21-13-14-22-41(39)48(42(40)30-37)52(50,51)38-26-23-33(2)24-27-38)43-31-47(32-46-43)45(34-15-7-4-8-16-34,35-17-9-5-10-18-35)36-19-11-6-12-20-36/h4-28,30-32,49H,3,29H2,1-2H3. The Hall–Kier alpha value is -5.76. The highest BCUT2D eigenvalue weighted by Crippen LogP contribution is 2.43. The highest BCUT2D eigenvalue weighted by molar-refractivity contribution is 7.90. The molecule has 0 bridgehead atoms. The minimum absolute atomic E-state index is 0.202. The number of nitrogens with zero attached hydrogens (tertiary/aromatic N) is 3. The summed E-state index contributed by atoms with van der Waals surface area (Å²) in [5.74, 6) is 0. The Bertz CT molecular complexity index is 2520. The van der Waals surface area contributed by atoms with Gasteiger partial charge in [-0.3, -0.25) is 0 Å². The lowest BCUT2D eigenvalue weighted by Gasteiger charge is -2.37. The number of para-hydroxylation sites is 1. The highest BCUT2D eigenvalue weighted by atomic mass is 32.2. The van der Waals surface area contributed by atoms with E-state index in [2.05, 4.69) is 41.0 Å². The first kappa shape index (κ1) is 33.4. The molecule has 0 radical (unpaired) electrons. The average Bonchev–Trinajstić information content (AvgIpc) is 3.81. The van der Waals surface area contributed by atoms with E-state index in [9.17, 15) is 13.5 Å². The van der Waals surface area contributed by atoms with Crippen molar-refractivity contribution in [1.29, 1.82) is 0 Å². The van der Waals surface area contributed by atoms with Crippen LogP contribution < -0.4 is 0 Å². The number of hydrogen-bond donors (Lipinski definition) is 1. The number of hydrogen-bond acceptors (Lipinski definition) is 4. The van der Waals surface area contributed by atoms with Crippen LogP contribution in [0, 0.1) is 6.92 Å². The maximum Gasteiger partial charge on any atom is 0.268 e. The lowest BCUT2D eigenvalue weighted by molar-refractivity contribution is 0.0660. The Morgan fingerprint density at radius 2 is 1.17 bits per heavy atom. The molecule has 1 atom stereocenters. The van der Waals surface area contributed by atoms with E-state index in [0.717, 1.165) is 33.0 Å². The third-order valence-corrected chi connectivity index (χ3v) is 12.0. The monoisotopic (exact) mass is 701 g/mol. The van der Waals surface area contributed by atoms with Crippen LogP contribution in [0.15, 0.2) is 175 Å². The Morgan fingerprint density at radius 3 is 1.75 bits per heavy atom. The fourth-order valence-electron chi connectivity index (χ4n) is 7.75. The smallest absolute Gasteiger partial charge is 0.268 e. The lowest BCUT2D eigenvalue weighted by Crippen LogP contribution is -2.37. The van der Waals surface area contributed by atoms with Gasteiger partial charge in [0, 0.05) is 17.0 Å². The van der Waals surface area contributed by atoms with Crippen LogP contribution in [0.1, 0.15) is 53.3 Å². The normalized spacial score (nSPS) is 13.4. The van der Waals surface area contributed by atoms with Crippen LogP contribution in [0.5, 0.6) is 0 Å². The van der Waals surface area contributed by atoms with Gasteiger partial charge in [-0.05, 0) is 59.9 Å². The molecule has 1 N–H and O–H groups in total. The molecule has 7 heteroatoms. The van der Waals surface area contributed by atoms with Crippen molar-refractivity contribution < 1.29 is 13.5 Å². The number of aliphatic hydroxyl groups is 1. The van der Waals surface area contributed by atoms with Gasteiger partial charge in [-0.15, -0.1) is 0 Å².